The Kier molecular flexibility index (Phi) is 8.80. The number of anilines is 1. The number of unbranched alkanes of at least 4 members (excludes halogenated alkanes) is 2. The van der Waals surface area contributed by atoms with Crippen molar-refractivity contribution in [1.82, 2.24) is 4.90 Å². The van der Waals surface area contributed by atoms with E-state index in [1.165, 1.54) is 76.6 Å². The Morgan fingerprint density at radius 2 is 1.97 bits per heavy atom. The van der Waals surface area contributed by atoms with Gasteiger partial charge in [-0.05, 0) is 62.5 Å². The minimum absolute atomic E-state index is 0.0327. The number of hydrogen-bond donors (Lipinski definition) is 0. The van der Waals surface area contributed by atoms with Gasteiger partial charge in [0, 0.05) is 44.3 Å². The van der Waals surface area contributed by atoms with Crippen molar-refractivity contribution >= 4 is 11.5 Å². The standard InChI is InChI=1S/C27H44N2O/c1-5-6-7-11-23-18-24-14-15-25(19-23)29(20-24)17-10-16-28(4)27-13-9-8-12-26(27)21(2)22(3)30/h8-9,12-13,21,23-25H,5-7,10-11,14-20H2,1-4H3. The first-order chi connectivity index (χ1) is 14.5. The maximum absolute atomic E-state index is 11.9. The summed E-state index contributed by atoms with van der Waals surface area (Å²) in [4.78, 5) is 17.1. The highest BCUT2D eigenvalue weighted by Crippen LogP contribution is 2.38. The molecule has 2 saturated heterocycles. The molecule has 3 aliphatic rings. The Balaban J connectivity index is 1.51. The fourth-order valence-corrected chi connectivity index (χ4v) is 5.84. The summed E-state index contributed by atoms with van der Waals surface area (Å²) in [6.45, 7) is 9.64. The second-order valence-corrected chi connectivity index (χ2v) is 10.1. The molecule has 2 bridgehead atoms. The Labute approximate surface area is 185 Å². The van der Waals surface area contributed by atoms with Gasteiger partial charge in [0.15, 0.2) is 0 Å². The second-order valence-electron chi connectivity index (χ2n) is 10.1. The Bertz CT molecular complexity index is 673. The van der Waals surface area contributed by atoms with E-state index in [1.54, 1.807) is 6.92 Å². The minimum Gasteiger partial charge on any atom is -0.374 e. The smallest absolute Gasteiger partial charge is 0.137 e. The van der Waals surface area contributed by atoms with E-state index in [2.05, 4.69) is 48.0 Å². The average molecular weight is 413 g/mol. The molecule has 0 amide bonds. The molecule has 0 N–H and O–H groups in total. The Morgan fingerprint density at radius 3 is 2.73 bits per heavy atom. The van der Waals surface area contributed by atoms with Crippen LogP contribution in [0.5, 0.6) is 0 Å². The van der Waals surface area contributed by atoms with E-state index in [-0.39, 0.29) is 11.7 Å². The highest BCUT2D eigenvalue weighted by atomic mass is 16.1. The lowest BCUT2D eigenvalue weighted by molar-refractivity contribution is -0.118. The van der Waals surface area contributed by atoms with Gasteiger partial charge in [0.05, 0.1) is 0 Å². The lowest BCUT2D eigenvalue weighted by Gasteiger charge is -2.37. The normalized spacial score (nSPS) is 25.1. The quantitative estimate of drug-likeness (QED) is 0.400. The van der Waals surface area contributed by atoms with Crippen molar-refractivity contribution < 1.29 is 4.79 Å². The van der Waals surface area contributed by atoms with Crippen molar-refractivity contribution in [3.05, 3.63) is 29.8 Å². The first-order valence-corrected chi connectivity index (χ1v) is 12.5. The van der Waals surface area contributed by atoms with Crippen LogP contribution in [-0.4, -0.2) is 43.4 Å². The van der Waals surface area contributed by atoms with Crippen LogP contribution in [0.1, 0.15) is 90.0 Å². The van der Waals surface area contributed by atoms with Crippen molar-refractivity contribution in [2.45, 2.75) is 90.5 Å². The van der Waals surface area contributed by atoms with Crippen molar-refractivity contribution in [3.63, 3.8) is 0 Å². The maximum Gasteiger partial charge on any atom is 0.137 e. The third kappa shape index (κ3) is 6.09. The molecule has 3 heteroatoms. The Morgan fingerprint density at radius 1 is 1.17 bits per heavy atom. The molecule has 1 saturated carbocycles. The zero-order chi connectivity index (χ0) is 21.5. The highest BCUT2D eigenvalue weighted by molar-refractivity contribution is 5.85. The van der Waals surface area contributed by atoms with Crippen LogP contribution in [0.25, 0.3) is 0 Å². The van der Waals surface area contributed by atoms with Gasteiger partial charge >= 0.3 is 0 Å². The molecular formula is C27H44N2O. The van der Waals surface area contributed by atoms with Crippen molar-refractivity contribution in [2.24, 2.45) is 11.8 Å². The van der Waals surface area contributed by atoms with Crippen LogP contribution in [0.3, 0.4) is 0 Å². The molecule has 4 unspecified atom stereocenters. The zero-order valence-electron chi connectivity index (χ0n) is 19.9. The van der Waals surface area contributed by atoms with Gasteiger partial charge in [-0.2, -0.15) is 0 Å². The van der Waals surface area contributed by atoms with Crippen molar-refractivity contribution in [2.75, 3.05) is 31.6 Å². The number of nitrogens with zero attached hydrogens (tertiary/aromatic N) is 2. The minimum atomic E-state index is -0.0327. The second kappa shape index (κ2) is 11.3. The van der Waals surface area contributed by atoms with E-state index in [9.17, 15) is 4.79 Å². The van der Waals surface area contributed by atoms with Gasteiger partial charge in [-0.25, -0.2) is 0 Å². The number of carbonyl (C=O) groups is 1. The molecule has 1 aliphatic carbocycles. The fourth-order valence-electron chi connectivity index (χ4n) is 5.84. The van der Waals surface area contributed by atoms with Gasteiger partial charge in [-0.15, -0.1) is 0 Å². The molecule has 2 heterocycles. The molecule has 168 valence electrons. The van der Waals surface area contributed by atoms with Crippen LogP contribution in [-0.2, 0) is 4.79 Å². The summed E-state index contributed by atoms with van der Waals surface area (Å²) in [6, 6.07) is 9.25. The number of Topliss-reactive ketones (excluding diaryl/α,β-unsaturated/α-hetero) is 1. The third-order valence-corrected chi connectivity index (χ3v) is 7.77. The van der Waals surface area contributed by atoms with Crippen molar-refractivity contribution in [3.8, 4) is 0 Å². The van der Waals surface area contributed by atoms with E-state index in [0.29, 0.717) is 0 Å². The van der Waals surface area contributed by atoms with Crippen molar-refractivity contribution in [1.29, 1.82) is 0 Å². The molecule has 4 rings (SSSR count). The van der Waals surface area contributed by atoms with Gasteiger partial charge in [-0.3, -0.25) is 4.79 Å². The fraction of sp³-hybridized carbons (Fsp3) is 0.741. The molecule has 1 aromatic rings. The zero-order valence-corrected chi connectivity index (χ0v) is 19.9. The number of carbonyl (C=O) groups excluding carboxylic acids is 1. The number of rotatable bonds is 11. The summed E-state index contributed by atoms with van der Waals surface area (Å²) in [7, 11) is 2.18. The van der Waals surface area contributed by atoms with Crippen LogP contribution >= 0.6 is 0 Å². The highest BCUT2D eigenvalue weighted by Gasteiger charge is 2.35. The van der Waals surface area contributed by atoms with Crippen LogP contribution < -0.4 is 4.90 Å². The molecule has 3 fully saturated rings. The first kappa shape index (κ1) is 23.3. The molecule has 2 aliphatic heterocycles. The molecule has 1 aromatic carbocycles. The van der Waals surface area contributed by atoms with Crippen LogP contribution in [0.4, 0.5) is 5.69 Å². The first-order valence-electron chi connectivity index (χ1n) is 12.5. The number of fused-ring (bicyclic) bond motifs is 4. The number of para-hydroxylation sites is 1. The summed E-state index contributed by atoms with van der Waals surface area (Å²) < 4.78 is 0. The molecule has 0 aromatic heterocycles. The largest absolute Gasteiger partial charge is 0.374 e. The number of benzene rings is 1. The van der Waals surface area contributed by atoms with Gasteiger partial charge in [0.2, 0.25) is 0 Å². The number of piperidine rings is 1. The van der Waals surface area contributed by atoms with E-state index in [0.717, 1.165) is 30.0 Å². The summed E-state index contributed by atoms with van der Waals surface area (Å²) in [6.07, 6.45) is 12.6. The summed E-state index contributed by atoms with van der Waals surface area (Å²) >= 11 is 0. The third-order valence-electron chi connectivity index (χ3n) is 7.77. The van der Waals surface area contributed by atoms with Gasteiger partial charge in [0.25, 0.3) is 0 Å². The van der Waals surface area contributed by atoms with E-state index in [4.69, 9.17) is 0 Å². The SMILES string of the molecule is CCCCCC1CC2CCC(C1)N(CCCN(C)c1ccccc1C(C)C(C)=O)C2. The van der Waals surface area contributed by atoms with Crippen LogP contribution in [0.15, 0.2) is 24.3 Å². The predicted octanol–water partition coefficient (Wildman–Crippen LogP) is 6.28. The predicted molar refractivity (Wildman–Crippen MR) is 128 cm³/mol. The van der Waals surface area contributed by atoms with Gasteiger partial charge < -0.3 is 9.80 Å². The average Bonchev–Trinajstić information content (AvgIpc) is 3.04. The molecule has 0 radical (unpaired) electrons. The summed E-state index contributed by atoms with van der Waals surface area (Å²) in [5, 5.41) is 0. The van der Waals surface area contributed by atoms with E-state index < -0.39 is 0 Å². The lowest BCUT2D eigenvalue weighted by atomic mass is 9.90. The summed E-state index contributed by atoms with van der Waals surface area (Å²) in [5.41, 5.74) is 2.38. The molecule has 3 nitrogen and oxygen atoms in total. The number of ketones is 1. The molecule has 30 heavy (non-hydrogen) atoms. The van der Waals surface area contributed by atoms with Crippen LogP contribution in [0.2, 0.25) is 0 Å². The van der Waals surface area contributed by atoms with E-state index >= 15 is 0 Å². The van der Waals surface area contributed by atoms with Crippen LogP contribution in [0, 0.1) is 11.8 Å². The van der Waals surface area contributed by atoms with E-state index in [1.807, 2.05) is 6.92 Å². The lowest BCUT2D eigenvalue weighted by Crippen LogP contribution is -2.42. The molecule has 0 spiro atoms. The summed E-state index contributed by atoms with van der Waals surface area (Å²) in [5.74, 6) is 2.12. The topological polar surface area (TPSA) is 23.6 Å². The molecule has 4 atom stereocenters. The monoisotopic (exact) mass is 412 g/mol. The molecular weight excluding hydrogens is 368 g/mol. The van der Waals surface area contributed by atoms with Gasteiger partial charge in [0.1, 0.15) is 5.78 Å². The van der Waals surface area contributed by atoms with Gasteiger partial charge in [-0.1, -0.05) is 57.7 Å². The maximum atomic E-state index is 11.9. The number of hydrogen-bond acceptors (Lipinski definition) is 3. The Hall–Kier alpha value is -1.35.